The molecule has 0 heterocycles. The van der Waals surface area contributed by atoms with Crippen LogP contribution in [0.4, 0.5) is 0 Å². The van der Waals surface area contributed by atoms with Crippen LogP contribution in [0, 0.1) is 0 Å². The molecule has 1 unspecified atom stereocenters. The SMILES string of the molecule is COc1cc(Br)c2c(c1)CCCC2O. The van der Waals surface area contributed by atoms with Gasteiger partial charge in [0.25, 0.3) is 0 Å². The number of ether oxygens (including phenoxy) is 1. The third-order valence-corrected chi connectivity index (χ3v) is 3.34. The second-order valence-corrected chi connectivity index (χ2v) is 4.44. The van der Waals surface area contributed by atoms with Gasteiger partial charge in [-0.15, -0.1) is 0 Å². The molecule has 0 saturated carbocycles. The fourth-order valence-corrected chi connectivity index (χ4v) is 2.72. The number of aliphatic hydroxyl groups is 1. The van der Waals surface area contributed by atoms with Gasteiger partial charge in [0.1, 0.15) is 5.75 Å². The van der Waals surface area contributed by atoms with Gasteiger partial charge in [-0.1, -0.05) is 15.9 Å². The van der Waals surface area contributed by atoms with Crippen LogP contribution in [0.25, 0.3) is 0 Å². The van der Waals surface area contributed by atoms with Gasteiger partial charge in [-0.3, -0.25) is 0 Å². The molecule has 1 N–H and O–H groups in total. The Bertz CT molecular complexity index is 349. The summed E-state index contributed by atoms with van der Waals surface area (Å²) in [5.41, 5.74) is 2.24. The molecule has 3 heteroatoms. The van der Waals surface area contributed by atoms with E-state index in [1.54, 1.807) is 7.11 Å². The van der Waals surface area contributed by atoms with Crippen molar-refractivity contribution in [3.8, 4) is 5.75 Å². The monoisotopic (exact) mass is 256 g/mol. The van der Waals surface area contributed by atoms with Crippen molar-refractivity contribution in [2.45, 2.75) is 25.4 Å². The molecule has 0 radical (unpaired) electrons. The van der Waals surface area contributed by atoms with Gasteiger partial charge in [0.2, 0.25) is 0 Å². The van der Waals surface area contributed by atoms with Crippen LogP contribution in [0.3, 0.4) is 0 Å². The highest BCUT2D eigenvalue weighted by Crippen LogP contribution is 2.37. The number of aryl methyl sites for hydroxylation is 1. The number of methoxy groups -OCH3 is 1. The van der Waals surface area contributed by atoms with Crippen molar-refractivity contribution in [1.82, 2.24) is 0 Å². The first kappa shape index (κ1) is 9.99. The summed E-state index contributed by atoms with van der Waals surface area (Å²) in [6.45, 7) is 0. The van der Waals surface area contributed by atoms with Gasteiger partial charge in [-0.2, -0.15) is 0 Å². The van der Waals surface area contributed by atoms with Crippen LogP contribution < -0.4 is 4.74 Å². The number of hydrogen-bond donors (Lipinski definition) is 1. The van der Waals surface area contributed by atoms with Crippen LogP contribution in [0.15, 0.2) is 16.6 Å². The predicted octanol–water partition coefficient (Wildman–Crippen LogP) is 2.83. The summed E-state index contributed by atoms with van der Waals surface area (Å²) >= 11 is 3.47. The van der Waals surface area contributed by atoms with E-state index in [0.717, 1.165) is 35.0 Å². The molecule has 1 aromatic carbocycles. The summed E-state index contributed by atoms with van der Waals surface area (Å²) in [5, 5.41) is 9.83. The highest BCUT2D eigenvalue weighted by Gasteiger charge is 2.21. The summed E-state index contributed by atoms with van der Waals surface area (Å²) < 4.78 is 6.14. The van der Waals surface area contributed by atoms with Gasteiger partial charge in [0, 0.05) is 4.47 Å². The largest absolute Gasteiger partial charge is 0.497 e. The Morgan fingerprint density at radius 3 is 3.00 bits per heavy atom. The van der Waals surface area contributed by atoms with Crippen molar-refractivity contribution in [2.24, 2.45) is 0 Å². The molecule has 1 aromatic rings. The number of rotatable bonds is 1. The lowest BCUT2D eigenvalue weighted by molar-refractivity contribution is 0.155. The van der Waals surface area contributed by atoms with Gasteiger partial charge in [0.15, 0.2) is 0 Å². The van der Waals surface area contributed by atoms with Crippen molar-refractivity contribution in [2.75, 3.05) is 7.11 Å². The Labute approximate surface area is 92.0 Å². The second kappa shape index (κ2) is 3.91. The molecule has 0 fully saturated rings. The molecule has 0 aliphatic heterocycles. The first-order valence-corrected chi connectivity index (χ1v) is 5.56. The topological polar surface area (TPSA) is 29.5 Å². The minimum atomic E-state index is -0.320. The Hall–Kier alpha value is -0.540. The molecule has 2 rings (SSSR count). The predicted molar refractivity (Wildman–Crippen MR) is 58.6 cm³/mol. The Morgan fingerprint density at radius 1 is 1.50 bits per heavy atom. The van der Waals surface area contributed by atoms with Crippen LogP contribution in [0.2, 0.25) is 0 Å². The van der Waals surface area contributed by atoms with Crippen molar-refractivity contribution in [3.63, 3.8) is 0 Å². The van der Waals surface area contributed by atoms with E-state index < -0.39 is 0 Å². The highest BCUT2D eigenvalue weighted by atomic mass is 79.9. The van der Waals surface area contributed by atoms with E-state index in [-0.39, 0.29) is 6.10 Å². The van der Waals surface area contributed by atoms with E-state index in [9.17, 15) is 5.11 Å². The average Bonchev–Trinajstić information content (AvgIpc) is 2.17. The zero-order valence-corrected chi connectivity index (χ0v) is 9.67. The molecule has 1 atom stereocenters. The van der Waals surface area contributed by atoms with E-state index >= 15 is 0 Å². The van der Waals surface area contributed by atoms with Gasteiger partial charge >= 0.3 is 0 Å². The van der Waals surface area contributed by atoms with Crippen molar-refractivity contribution in [1.29, 1.82) is 0 Å². The van der Waals surface area contributed by atoms with Crippen LogP contribution in [0.1, 0.15) is 30.1 Å². The lowest BCUT2D eigenvalue weighted by atomic mass is 9.89. The molecule has 0 amide bonds. The lowest BCUT2D eigenvalue weighted by Crippen LogP contribution is -2.10. The molecule has 2 nitrogen and oxygen atoms in total. The minimum Gasteiger partial charge on any atom is -0.497 e. The number of halogens is 1. The smallest absolute Gasteiger partial charge is 0.120 e. The van der Waals surface area contributed by atoms with Crippen molar-refractivity contribution >= 4 is 15.9 Å². The number of benzene rings is 1. The van der Waals surface area contributed by atoms with E-state index in [4.69, 9.17) is 4.74 Å². The Balaban J connectivity index is 2.51. The lowest BCUT2D eigenvalue weighted by Gasteiger charge is -2.23. The fourth-order valence-electron chi connectivity index (χ4n) is 1.98. The summed E-state index contributed by atoms with van der Waals surface area (Å²) in [4.78, 5) is 0. The molecular formula is C11H13BrO2. The van der Waals surface area contributed by atoms with Gasteiger partial charge in [-0.25, -0.2) is 0 Å². The maximum atomic E-state index is 9.83. The molecule has 14 heavy (non-hydrogen) atoms. The van der Waals surface area contributed by atoms with Crippen LogP contribution in [0.5, 0.6) is 5.75 Å². The van der Waals surface area contributed by atoms with Gasteiger partial charge in [0.05, 0.1) is 13.2 Å². The number of fused-ring (bicyclic) bond motifs is 1. The molecular weight excluding hydrogens is 244 g/mol. The third kappa shape index (κ3) is 1.66. The first-order chi connectivity index (χ1) is 6.72. The quantitative estimate of drug-likeness (QED) is 0.838. The van der Waals surface area contributed by atoms with Crippen molar-refractivity contribution in [3.05, 3.63) is 27.7 Å². The molecule has 76 valence electrons. The molecule has 1 aliphatic carbocycles. The maximum Gasteiger partial charge on any atom is 0.120 e. The third-order valence-electron chi connectivity index (χ3n) is 2.68. The normalized spacial score (nSPS) is 20.4. The zero-order valence-electron chi connectivity index (χ0n) is 8.09. The molecule has 0 spiro atoms. The highest BCUT2D eigenvalue weighted by molar-refractivity contribution is 9.10. The second-order valence-electron chi connectivity index (χ2n) is 3.59. The molecule has 0 saturated heterocycles. The van der Waals surface area contributed by atoms with E-state index in [1.165, 1.54) is 5.56 Å². The van der Waals surface area contributed by atoms with Crippen LogP contribution >= 0.6 is 15.9 Å². The number of aliphatic hydroxyl groups excluding tert-OH is 1. The van der Waals surface area contributed by atoms with Crippen LogP contribution in [-0.2, 0) is 6.42 Å². The maximum absolute atomic E-state index is 9.83. The average molecular weight is 257 g/mol. The van der Waals surface area contributed by atoms with Gasteiger partial charge in [-0.05, 0) is 42.5 Å². The summed E-state index contributed by atoms with van der Waals surface area (Å²) in [6, 6.07) is 3.93. The Kier molecular flexibility index (Phi) is 2.79. The van der Waals surface area contributed by atoms with E-state index in [1.807, 2.05) is 12.1 Å². The van der Waals surface area contributed by atoms with Gasteiger partial charge < -0.3 is 9.84 Å². The molecule has 0 bridgehead atoms. The fraction of sp³-hybridized carbons (Fsp3) is 0.455. The van der Waals surface area contributed by atoms with E-state index in [0.29, 0.717) is 0 Å². The zero-order chi connectivity index (χ0) is 10.1. The minimum absolute atomic E-state index is 0.320. The summed E-state index contributed by atoms with van der Waals surface area (Å²) in [5.74, 6) is 0.852. The van der Waals surface area contributed by atoms with Crippen molar-refractivity contribution < 1.29 is 9.84 Å². The van der Waals surface area contributed by atoms with Crippen LogP contribution in [-0.4, -0.2) is 12.2 Å². The number of hydrogen-bond acceptors (Lipinski definition) is 2. The molecule has 1 aliphatic rings. The summed E-state index contributed by atoms with van der Waals surface area (Å²) in [6.07, 6.45) is 2.62. The Morgan fingerprint density at radius 2 is 2.29 bits per heavy atom. The summed E-state index contributed by atoms with van der Waals surface area (Å²) in [7, 11) is 1.66. The van der Waals surface area contributed by atoms with E-state index in [2.05, 4.69) is 15.9 Å². The molecule has 0 aromatic heterocycles. The first-order valence-electron chi connectivity index (χ1n) is 4.76. The standard InChI is InChI=1S/C11H13BrO2/c1-14-8-5-7-3-2-4-10(13)11(7)9(12)6-8/h5-6,10,13H,2-4H2,1H3.